The summed E-state index contributed by atoms with van der Waals surface area (Å²) in [5.74, 6) is 0.491. The zero-order valence-corrected chi connectivity index (χ0v) is 9.75. The van der Waals surface area contributed by atoms with Crippen LogP contribution in [0.3, 0.4) is 0 Å². The number of carbonyl (C=O) groups is 1. The third-order valence-corrected chi connectivity index (χ3v) is 2.36. The number of amides is 1. The Bertz CT molecular complexity index is 233. The lowest BCUT2D eigenvalue weighted by Gasteiger charge is -2.27. The van der Waals surface area contributed by atoms with Crippen LogP contribution in [0.15, 0.2) is 4.99 Å². The molecule has 4 nitrogen and oxygen atoms in total. The molecular weight excluding hydrogens is 192 g/mol. The van der Waals surface area contributed by atoms with Crippen LogP contribution < -0.4 is 5.32 Å². The first-order valence-corrected chi connectivity index (χ1v) is 5.22. The van der Waals surface area contributed by atoms with Gasteiger partial charge in [-0.05, 0) is 24.2 Å². The van der Waals surface area contributed by atoms with Gasteiger partial charge >= 0.3 is 0 Å². The van der Waals surface area contributed by atoms with Gasteiger partial charge in [0.1, 0.15) is 0 Å². The molecule has 86 valence electrons. The predicted molar refractivity (Wildman–Crippen MR) is 59.2 cm³/mol. The second-order valence-corrected chi connectivity index (χ2v) is 4.73. The molecule has 0 heterocycles. The Morgan fingerprint density at radius 2 is 2.20 bits per heavy atom. The van der Waals surface area contributed by atoms with Crippen molar-refractivity contribution in [1.82, 2.24) is 5.32 Å². The summed E-state index contributed by atoms with van der Waals surface area (Å²) in [5.41, 5.74) is 0.0885. The number of nitrogens with one attached hydrogen (secondary N) is 1. The van der Waals surface area contributed by atoms with Crippen molar-refractivity contribution in [2.75, 3.05) is 13.1 Å². The van der Waals surface area contributed by atoms with Crippen LogP contribution in [0.1, 0.15) is 33.6 Å². The van der Waals surface area contributed by atoms with Gasteiger partial charge in [-0.1, -0.05) is 20.8 Å². The van der Waals surface area contributed by atoms with Crippen molar-refractivity contribution in [2.24, 2.45) is 16.3 Å². The first-order valence-electron chi connectivity index (χ1n) is 5.22. The summed E-state index contributed by atoms with van der Waals surface area (Å²) in [6.45, 7) is 7.58. The van der Waals surface area contributed by atoms with Crippen LogP contribution >= 0.6 is 0 Å². The van der Waals surface area contributed by atoms with E-state index in [1.807, 2.05) is 0 Å². The molecule has 0 aliphatic rings. The fourth-order valence-electron chi connectivity index (χ4n) is 1.77. The van der Waals surface area contributed by atoms with Gasteiger partial charge in [0.2, 0.25) is 12.5 Å². The normalized spacial score (nSPS) is 12.7. The highest BCUT2D eigenvalue weighted by atomic mass is 16.1. The molecule has 0 radical (unpaired) electrons. The van der Waals surface area contributed by atoms with Gasteiger partial charge in [-0.25, -0.2) is 9.79 Å². The van der Waals surface area contributed by atoms with Crippen molar-refractivity contribution in [1.29, 1.82) is 0 Å². The van der Waals surface area contributed by atoms with E-state index in [1.165, 1.54) is 6.08 Å². The Morgan fingerprint density at radius 1 is 1.53 bits per heavy atom. The SMILES string of the molecule is CC(CCN=C=O)CC(C)(C)CNC=O. The maximum absolute atomic E-state index is 10.2. The average Bonchev–Trinajstić information content (AvgIpc) is 2.14. The summed E-state index contributed by atoms with van der Waals surface area (Å²) in [4.78, 5) is 23.6. The third kappa shape index (κ3) is 7.89. The quantitative estimate of drug-likeness (QED) is 0.376. The Morgan fingerprint density at radius 3 is 2.73 bits per heavy atom. The third-order valence-electron chi connectivity index (χ3n) is 2.36. The number of carbonyl (C=O) groups excluding carboxylic acids is 2. The molecule has 0 aliphatic carbocycles. The lowest BCUT2D eigenvalue weighted by molar-refractivity contribution is -0.110. The molecule has 1 atom stereocenters. The smallest absolute Gasteiger partial charge is 0.234 e. The number of hydrogen-bond donors (Lipinski definition) is 1. The molecule has 0 fully saturated rings. The summed E-state index contributed by atoms with van der Waals surface area (Å²) < 4.78 is 0. The molecule has 0 bridgehead atoms. The Kier molecular flexibility index (Phi) is 6.63. The first-order chi connectivity index (χ1) is 7.02. The molecule has 15 heavy (non-hydrogen) atoms. The summed E-state index contributed by atoms with van der Waals surface area (Å²) in [5, 5.41) is 2.69. The molecule has 0 aliphatic heterocycles. The number of rotatable bonds is 8. The molecular formula is C11H20N2O2. The molecule has 0 aromatic carbocycles. The summed E-state index contributed by atoms with van der Waals surface area (Å²) in [6.07, 6.45) is 4.15. The first kappa shape index (κ1) is 13.8. The summed E-state index contributed by atoms with van der Waals surface area (Å²) in [7, 11) is 0. The lowest BCUT2D eigenvalue weighted by atomic mass is 9.82. The second kappa shape index (κ2) is 7.18. The highest BCUT2D eigenvalue weighted by Gasteiger charge is 2.20. The van der Waals surface area contributed by atoms with Crippen LogP contribution in [0.2, 0.25) is 0 Å². The fourth-order valence-corrected chi connectivity index (χ4v) is 1.77. The molecule has 1 N–H and O–H groups in total. The number of nitrogens with zero attached hydrogens (tertiary/aromatic N) is 1. The summed E-state index contributed by atoms with van der Waals surface area (Å²) >= 11 is 0. The van der Waals surface area contributed by atoms with Gasteiger partial charge in [-0.3, -0.25) is 4.79 Å². The van der Waals surface area contributed by atoms with Crippen LogP contribution in [0.4, 0.5) is 0 Å². The maximum Gasteiger partial charge on any atom is 0.234 e. The molecule has 4 heteroatoms. The molecule has 0 saturated heterocycles. The van der Waals surface area contributed by atoms with Gasteiger partial charge in [0.15, 0.2) is 0 Å². The molecule has 1 amide bonds. The Balaban J connectivity index is 3.85. The van der Waals surface area contributed by atoms with E-state index in [1.54, 1.807) is 0 Å². The van der Waals surface area contributed by atoms with Crippen LogP contribution in [-0.4, -0.2) is 25.6 Å². The van der Waals surface area contributed by atoms with Crippen LogP contribution in [0.25, 0.3) is 0 Å². The monoisotopic (exact) mass is 212 g/mol. The minimum absolute atomic E-state index is 0.0885. The largest absolute Gasteiger partial charge is 0.358 e. The van der Waals surface area contributed by atoms with Gasteiger partial charge in [0.25, 0.3) is 0 Å². The van der Waals surface area contributed by atoms with Crippen molar-refractivity contribution in [3.05, 3.63) is 0 Å². The van der Waals surface area contributed by atoms with E-state index < -0.39 is 0 Å². The minimum atomic E-state index is 0.0885. The van der Waals surface area contributed by atoms with Gasteiger partial charge in [0, 0.05) is 6.54 Å². The minimum Gasteiger partial charge on any atom is -0.358 e. The van der Waals surface area contributed by atoms with Crippen LogP contribution in [-0.2, 0) is 9.59 Å². The lowest BCUT2D eigenvalue weighted by Crippen LogP contribution is -2.30. The molecule has 0 spiro atoms. The molecule has 0 rings (SSSR count). The van der Waals surface area contributed by atoms with E-state index in [9.17, 15) is 9.59 Å². The average molecular weight is 212 g/mol. The molecule has 0 aromatic heterocycles. The van der Waals surface area contributed by atoms with Crippen molar-refractivity contribution in [3.8, 4) is 0 Å². The number of isocyanates is 1. The number of aliphatic imine (C=N–C) groups is 1. The van der Waals surface area contributed by atoms with Crippen LogP contribution in [0.5, 0.6) is 0 Å². The molecule has 0 aromatic rings. The summed E-state index contributed by atoms with van der Waals surface area (Å²) in [6, 6.07) is 0. The van der Waals surface area contributed by atoms with Crippen molar-refractivity contribution < 1.29 is 9.59 Å². The zero-order valence-electron chi connectivity index (χ0n) is 9.75. The maximum atomic E-state index is 10.2. The second-order valence-electron chi connectivity index (χ2n) is 4.73. The van der Waals surface area contributed by atoms with E-state index >= 15 is 0 Å². The standard InChI is InChI=1S/C11H20N2O2/c1-10(4-5-12-8-14)6-11(2,3)7-13-9-15/h9-10H,4-7H2,1-3H3,(H,13,15). The van der Waals surface area contributed by atoms with Gasteiger partial charge in [0.05, 0.1) is 6.54 Å². The van der Waals surface area contributed by atoms with Gasteiger partial charge in [-0.2, -0.15) is 0 Å². The molecule has 1 unspecified atom stereocenters. The van der Waals surface area contributed by atoms with Crippen molar-refractivity contribution in [2.45, 2.75) is 33.6 Å². The number of hydrogen-bond acceptors (Lipinski definition) is 3. The van der Waals surface area contributed by atoms with Crippen LogP contribution in [0, 0.1) is 11.3 Å². The topological polar surface area (TPSA) is 58.5 Å². The predicted octanol–water partition coefficient (Wildman–Crippen LogP) is 1.51. The molecule has 0 saturated carbocycles. The van der Waals surface area contributed by atoms with E-state index in [-0.39, 0.29) is 5.41 Å². The van der Waals surface area contributed by atoms with E-state index in [0.29, 0.717) is 19.0 Å². The fraction of sp³-hybridized carbons (Fsp3) is 0.818. The zero-order chi connectivity index (χ0) is 11.7. The highest BCUT2D eigenvalue weighted by Crippen LogP contribution is 2.26. The van der Waals surface area contributed by atoms with Gasteiger partial charge < -0.3 is 5.32 Å². The Hall–Kier alpha value is -1.15. The van der Waals surface area contributed by atoms with E-state index in [4.69, 9.17) is 0 Å². The van der Waals surface area contributed by atoms with E-state index in [0.717, 1.165) is 19.3 Å². The van der Waals surface area contributed by atoms with Crippen molar-refractivity contribution in [3.63, 3.8) is 0 Å². The highest BCUT2D eigenvalue weighted by molar-refractivity contribution is 5.45. The van der Waals surface area contributed by atoms with E-state index in [2.05, 4.69) is 31.1 Å². The van der Waals surface area contributed by atoms with Gasteiger partial charge in [-0.15, -0.1) is 0 Å². The van der Waals surface area contributed by atoms with Crippen molar-refractivity contribution >= 4 is 12.5 Å². The Labute approximate surface area is 91.2 Å².